The molecule has 0 bridgehead atoms. The molecule has 2 aliphatic heterocycles. The topological polar surface area (TPSA) is 68.0 Å². The monoisotopic (exact) mass is 426 g/mol. The van der Waals surface area contributed by atoms with Crippen molar-refractivity contribution in [3.05, 3.63) is 65.0 Å². The Bertz CT molecular complexity index is 1030. The zero-order valence-corrected chi connectivity index (χ0v) is 17.4. The van der Waals surface area contributed by atoms with Crippen LogP contribution >= 0.6 is 0 Å². The van der Waals surface area contributed by atoms with Crippen LogP contribution in [0.4, 0.5) is 4.39 Å². The van der Waals surface area contributed by atoms with E-state index in [1.165, 1.54) is 12.1 Å². The van der Waals surface area contributed by atoms with Crippen molar-refractivity contribution in [1.82, 2.24) is 10.1 Å². The van der Waals surface area contributed by atoms with Crippen molar-refractivity contribution in [1.29, 1.82) is 0 Å². The molecule has 6 nitrogen and oxygen atoms in total. The maximum Gasteiger partial charge on any atom is 0.217 e. The van der Waals surface area contributed by atoms with E-state index in [9.17, 15) is 9.50 Å². The van der Waals surface area contributed by atoms with Gasteiger partial charge in [-0.05, 0) is 62.6 Å². The highest BCUT2D eigenvalue weighted by Gasteiger charge is 2.25. The van der Waals surface area contributed by atoms with Gasteiger partial charge in [-0.25, -0.2) is 4.39 Å². The van der Waals surface area contributed by atoms with Gasteiger partial charge in [-0.2, -0.15) is 0 Å². The molecule has 0 amide bonds. The summed E-state index contributed by atoms with van der Waals surface area (Å²) in [5.41, 5.74) is 2.60. The third-order valence-corrected chi connectivity index (χ3v) is 6.30. The van der Waals surface area contributed by atoms with Crippen LogP contribution in [0.1, 0.15) is 43.7 Å². The Morgan fingerprint density at radius 2 is 2.10 bits per heavy atom. The molecule has 0 saturated carbocycles. The van der Waals surface area contributed by atoms with Gasteiger partial charge in [0.15, 0.2) is 5.58 Å². The number of halogens is 1. The second-order valence-corrected chi connectivity index (χ2v) is 8.39. The Balaban J connectivity index is 1.06. The van der Waals surface area contributed by atoms with Gasteiger partial charge in [0.1, 0.15) is 11.6 Å². The zero-order valence-electron chi connectivity index (χ0n) is 17.4. The van der Waals surface area contributed by atoms with E-state index in [0.29, 0.717) is 18.1 Å². The molecule has 0 unspecified atom stereocenters. The number of aromatic nitrogens is 1. The molecule has 3 heterocycles. The summed E-state index contributed by atoms with van der Waals surface area (Å²) in [7, 11) is 0. The molecule has 0 radical (unpaired) electrons. The number of ether oxygens (including phenoxy) is 2. The lowest BCUT2D eigenvalue weighted by atomic mass is 9.91. The number of piperidine rings is 1. The van der Waals surface area contributed by atoms with Crippen molar-refractivity contribution < 1.29 is 23.5 Å². The summed E-state index contributed by atoms with van der Waals surface area (Å²) in [4.78, 5) is 2.46. The Hall–Kier alpha value is -2.64. The Labute approximate surface area is 180 Å². The number of hydrogen-bond acceptors (Lipinski definition) is 6. The molecule has 3 aliphatic rings. The lowest BCUT2D eigenvalue weighted by Gasteiger charge is -2.31. The lowest BCUT2D eigenvalue weighted by Crippen LogP contribution is -2.34. The van der Waals surface area contributed by atoms with Crippen LogP contribution in [-0.4, -0.2) is 47.7 Å². The summed E-state index contributed by atoms with van der Waals surface area (Å²) in [6, 6.07) is 4.64. The molecule has 0 spiro atoms. The average Bonchev–Trinajstić information content (AvgIpc) is 3.20. The minimum absolute atomic E-state index is 0.297. The van der Waals surface area contributed by atoms with E-state index in [0.717, 1.165) is 79.9 Å². The SMILES string of the molecule is O[C@H]1C=CC2=C(C=C(OCCCN3CCC(c4noc5cc(F)ccc45)CC3)CC2)O1. The van der Waals surface area contributed by atoms with Gasteiger partial charge in [-0.15, -0.1) is 0 Å². The molecule has 164 valence electrons. The molecule has 5 rings (SSSR count). The summed E-state index contributed by atoms with van der Waals surface area (Å²) in [5, 5.41) is 14.7. The van der Waals surface area contributed by atoms with Gasteiger partial charge in [0.25, 0.3) is 0 Å². The smallest absolute Gasteiger partial charge is 0.217 e. The predicted molar refractivity (Wildman–Crippen MR) is 114 cm³/mol. The molecule has 1 saturated heterocycles. The molecule has 1 aromatic carbocycles. The van der Waals surface area contributed by atoms with Crippen molar-refractivity contribution in [2.45, 2.75) is 44.3 Å². The molecule has 1 fully saturated rings. The third kappa shape index (κ3) is 4.52. The highest BCUT2D eigenvalue weighted by Crippen LogP contribution is 2.33. The molecular formula is C24H27FN2O4. The Morgan fingerprint density at radius 1 is 1.23 bits per heavy atom. The zero-order chi connectivity index (χ0) is 21.2. The van der Waals surface area contributed by atoms with Crippen molar-refractivity contribution >= 4 is 11.0 Å². The molecule has 2 aromatic rings. The fraction of sp³-hybridized carbons (Fsp3) is 0.458. The van der Waals surface area contributed by atoms with Gasteiger partial charge in [-0.3, -0.25) is 0 Å². The second-order valence-electron chi connectivity index (χ2n) is 8.39. The minimum Gasteiger partial charge on any atom is -0.498 e. The Kier molecular flexibility index (Phi) is 5.78. The average molecular weight is 426 g/mol. The normalized spacial score (nSPS) is 22.4. The predicted octanol–water partition coefficient (Wildman–Crippen LogP) is 4.39. The van der Waals surface area contributed by atoms with Crippen LogP contribution in [0.15, 0.2) is 58.0 Å². The Morgan fingerprint density at radius 3 is 2.97 bits per heavy atom. The molecule has 7 heteroatoms. The van der Waals surface area contributed by atoms with Gasteiger partial charge in [0.2, 0.25) is 6.29 Å². The van der Waals surface area contributed by atoms with E-state index >= 15 is 0 Å². The van der Waals surface area contributed by atoms with Gasteiger partial charge >= 0.3 is 0 Å². The van der Waals surface area contributed by atoms with Gasteiger partial charge in [0, 0.05) is 36.4 Å². The first-order valence-electron chi connectivity index (χ1n) is 11.0. The summed E-state index contributed by atoms with van der Waals surface area (Å²) >= 11 is 0. The number of aliphatic hydroxyl groups excluding tert-OH is 1. The van der Waals surface area contributed by atoms with Crippen LogP contribution in [0, 0.1) is 5.82 Å². The minimum atomic E-state index is -0.867. The number of hydrogen-bond donors (Lipinski definition) is 1. The largest absolute Gasteiger partial charge is 0.498 e. The van der Waals surface area contributed by atoms with Crippen LogP contribution in [0.3, 0.4) is 0 Å². The summed E-state index contributed by atoms with van der Waals surface area (Å²) in [6.45, 7) is 3.69. The highest BCUT2D eigenvalue weighted by molar-refractivity contribution is 5.79. The first-order valence-corrected chi connectivity index (χ1v) is 11.0. The summed E-state index contributed by atoms with van der Waals surface area (Å²) in [5.74, 6) is 1.71. The van der Waals surface area contributed by atoms with Crippen molar-refractivity contribution in [3.8, 4) is 0 Å². The van der Waals surface area contributed by atoms with Crippen molar-refractivity contribution in [3.63, 3.8) is 0 Å². The standard InChI is InChI=1S/C24H27FN2O4/c25-18-4-6-20-22(14-18)31-26-24(20)17-8-11-27(12-9-17)10-1-13-29-19-5-2-16-3-7-23(28)30-21(16)15-19/h3-4,6-7,14-15,17,23,28H,1-2,5,8-13H2/t23-/m1/s1. The van der Waals surface area contributed by atoms with E-state index in [1.807, 2.05) is 12.2 Å². The summed E-state index contributed by atoms with van der Waals surface area (Å²) < 4.78 is 30.1. The van der Waals surface area contributed by atoms with Gasteiger partial charge in [-0.1, -0.05) is 11.2 Å². The van der Waals surface area contributed by atoms with Crippen LogP contribution in [0.5, 0.6) is 0 Å². The van der Waals surface area contributed by atoms with E-state index < -0.39 is 6.29 Å². The molecule has 1 aromatic heterocycles. The molecule has 31 heavy (non-hydrogen) atoms. The van der Waals surface area contributed by atoms with E-state index in [4.69, 9.17) is 14.0 Å². The molecular weight excluding hydrogens is 399 g/mol. The maximum atomic E-state index is 13.4. The number of aliphatic hydroxyl groups is 1. The van der Waals surface area contributed by atoms with Crippen molar-refractivity contribution in [2.75, 3.05) is 26.2 Å². The van der Waals surface area contributed by atoms with Crippen molar-refractivity contribution in [2.24, 2.45) is 0 Å². The lowest BCUT2D eigenvalue weighted by molar-refractivity contribution is -0.0268. The maximum absolute atomic E-state index is 13.4. The van der Waals surface area contributed by atoms with Gasteiger partial charge in [0.05, 0.1) is 18.1 Å². The molecule has 1 atom stereocenters. The first kappa shape index (κ1) is 20.3. The number of likely N-dealkylation sites (tertiary alicyclic amines) is 1. The summed E-state index contributed by atoms with van der Waals surface area (Å²) in [6.07, 6.45) is 9.38. The molecule has 1 aliphatic carbocycles. The number of benzene rings is 1. The number of fused-ring (bicyclic) bond motifs is 1. The van der Waals surface area contributed by atoms with E-state index in [1.54, 1.807) is 12.1 Å². The first-order chi connectivity index (χ1) is 15.2. The number of rotatable bonds is 6. The van der Waals surface area contributed by atoms with Crippen LogP contribution in [-0.2, 0) is 9.47 Å². The number of allylic oxidation sites excluding steroid dienone is 4. The fourth-order valence-electron chi connectivity index (χ4n) is 4.60. The van der Waals surface area contributed by atoms with Crippen LogP contribution in [0.2, 0.25) is 0 Å². The van der Waals surface area contributed by atoms with Crippen LogP contribution in [0.25, 0.3) is 11.0 Å². The van der Waals surface area contributed by atoms with Gasteiger partial charge < -0.3 is 24.0 Å². The van der Waals surface area contributed by atoms with E-state index in [2.05, 4.69) is 10.1 Å². The van der Waals surface area contributed by atoms with E-state index in [-0.39, 0.29) is 5.82 Å². The third-order valence-electron chi connectivity index (χ3n) is 6.30. The quantitative estimate of drug-likeness (QED) is 0.691. The van der Waals surface area contributed by atoms with Crippen LogP contribution < -0.4 is 0 Å². The highest BCUT2D eigenvalue weighted by atomic mass is 19.1. The fourth-order valence-corrected chi connectivity index (χ4v) is 4.60. The number of nitrogens with zero attached hydrogens (tertiary/aromatic N) is 2. The second kappa shape index (κ2) is 8.85. The molecule has 1 N–H and O–H groups in total.